The number of hydrogen-bond acceptors (Lipinski definition) is 5. The quantitative estimate of drug-likeness (QED) is 0.795. The number of hydrogen-bond donors (Lipinski definition) is 2. The lowest BCUT2D eigenvalue weighted by molar-refractivity contribution is -0.130. The molecule has 0 atom stereocenters. The lowest BCUT2D eigenvalue weighted by atomic mass is 9.85. The molecule has 0 saturated carbocycles. The number of aromatic nitrogens is 1. The van der Waals surface area contributed by atoms with Gasteiger partial charge in [0.2, 0.25) is 5.91 Å². The average molecular weight is 299 g/mol. The van der Waals surface area contributed by atoms with Gasteiger partial charge < -0.3 is 15.5 Å². The van der Waals surface area contributed by atoms with Crippen LogP contribution >= 0.6 is 0 Å². The van der Waals surface area contributed by atoms with Gasteiger partial charge in [-0.1, -0.05) is 0 Å². The second kappa shape index (κ2) is 5.58. The molecule has 2 aliphatic heterocycles. The van der Waals surface area contributed by atoms with Crippen LogP contribution in [0.2, 0.25) is 0 Å². The molecule has 0 unspecified atom stereocenters. The number of amides is 1. The molecule has 3 heterocycles. The molecule has 2 aliphatic rings. The van der Waals surface area contributed by atoms with Crippen LogP contribution in [0.3, 0.4) is 0 Å². The summed E-state index contributed by atoms with van der Waals surface area (Å²) in [5.74, 6) is 0.860. The monoisotopic (exact) mass is 299 g/mol. The number of aryl methyl sites for hydroxylation is 2. The van der Waals surface area contributed by atoms with Gasteiger partial charge in [-0.3, -0.25) is 4.79 Å². The minimum Gasteiger partial charge on any atom is -0.355 e. The predicted molar refractivity (Wildman–Crippen MR) is 83.6 cm³/mol. The lowest BCUT2D eigenvalue weighted by Crippen LogP contribution is -2.66. The van der Waals surface area contributed by atoms with Crippen molar-refractivity contribution in [3.05, 3.63) is 22.9 Å². The zero-order valence-electron chi connectivity index (χ0n) is 13.1. The number of rotatable bonds is 1. The van der Waals surface area contributed by atoms with E-state index in [2.05, 4.69) is 26.6 Å². The second-order valence-electron chi connectivity index (χ2n) is 6.14. The van der Waals surface area contributed by atoms with Crippen molar-refractivity contribution >= 4 is 11.7 Å². The summed E-state index contributed by atoms with van der Waals surface area (Å²) in [6.07, 6.45) is 1.47. The van der Waals surface area contributed by atoms with Crippen LogP contribution in [-0.2, 0) is 4.79 Å². The van der Waals surface area contributed by atoms with E-state index < -0.39 is 5.54 Å². The van der Waals surface area contributed by atoms with E-state index in [1.807, 2.05) is 19.9 Å². The van der Waals surface area contributed by atoms with Gasteiger partial charge in [0.05, 0.1) is 5.56 Å². The van der Waals surface area contributed by atoms with Gasteiger partial charge in [-0.2, -0.15) is 5.26 Å². The molecule has 2 N–H and O–H groups in total. The molecule has 0 radical (unpaired) electrons. The van der Waals surface area contributed by atoms with Crippen molar-refractivity contribution in [1.29, 1.82) is 5.26 Å². The van der Waals surface area contributed by atoms with Crippen molar-refractivity contribution < 1.29 is 4.79 Å². The minimum absolute atomic E-state index is 0.104. The van der Waals surface area contributed by atoms with E-state index in [1.54, 1.807) is 0 Å². The van der Waals surface area contributed by atoms with Gasteiger partial charge in [0.1, 0.15) is 17.4 Å². The van der Waals surface area contributed by atoms with Crippen molar-refractivity contribution in [2.45, 2.75) is 32.2 Å². The topological polar surface area (TPSA) is 81.0 Å². The summed E-state index contributed by atoms with van der Waals surface area (Å²) in [5, 5.41) is 15.7. The highest BCUT2D eigenvalue weighted by Gasteiger charge is 2.43. The summed E-state index contributed by atoms with van der Waals surface area (Å²) in [5.41, 5.74) is 2.07. The third-order valence-electron chi connectivity index (χ3n) is 4.66. The lowest BCUT2D eigenvalue weighted by Gasteiger charge is -2.44. The highest BCUT2D eigenvalue weighted by Crippen LogP contribution is 2.29. The molecule has 1 amide bonds. The van der Waals surface area contributed by atoms with Crippen LogP contribution in [0.15, 0.2) is 6.07 Å². The maximum Gasteiger partial charge on any atom is 0.240 e. The summed E-state index contributed by atoms with van der Waals surface area (Å²) in [7, 11) is 0. The first kappa shape index (κ1) is 14.8. The Labute approximate surface area is 130 Å². The maximum absolute atomic E-state index is 12.2. The standard InChI is InChI=1S/C16H21N5O/c1-11-9-12(2)20-14(13(11)10-17)21-7-3-16(4-8-21)15(22)18-5-6-19-16/h9,19H,3-8H2,1-2H3,(H,18,22). The van der Waals surface area contributed by atoms with Gasteiger partial charge in [0, 0.05) is 31.9 Å². The number of carbonyl (C=O) groups is 1. The summed E-state index contributed by atoms with van der Waals surface area (Å²) in [6.45, 7) is 6.85. The van der Waals surface area contributed by atoms with E-state index in [0.717, 1.165) is 49.6 Å². The fourth-order valence-electron chi connectivity index (χ4n) is 3.42. The fourth-order valence-corrected chi connectivity index (χ4v) is 3.42. The number of piperazine rings is 1. The van der Waals surface area contributed by atoms with E-state index in [9.17, 15) is 10.1 Å². The Balaban J connectivity index is 1.83. The molecule has 0 aliphatic carbocycles. The van der Waals surface area contributed by atoms with Gasteiger partial charge in [-0.05, 0) is 38.3 Å². The third-order valence-corrected chi connectivity index (χ3v) is 4.66. The SMILES string of the molecule is Cc1cc(C)c(C#N)c(N2CCC3(CC2)NCCNC3=O)n1. The van der Waals surface area contributed by atoms with E-state index >= 15 is 0 Å². The van der Waals surface area contributed by atoms with Crippen LogP contribution in [-0.4, -0.2) is 42.6 Å². The van der Waals surface area contributed by atoms with E-state index in [4.69, 9.17) is 0 Å². The van der Waals surface area contributed by atoms with E-state index in [0.29, 0.717) is 12.1 Å². The Morgan fingerprint density at radius 2 is 2.05 bits per heavy atom. The normalized spacial score (nSPS) is 20.6. The Bertz CT molecular complexity index is 641. The van der Waals surface area contributed by atoms with Crippen molar-refractivity contribution in [3.8, 4) is 6.07 Å². The Morgan fingerprint density at radius 1 is 1.32 bits per heavy atom. The molecule has 2 saturated heterocycles. The largest absolute Gasteiger partial charge is 0.355 e. The Hall–Kier alpha value is -2.13. The Morgan fingerprint density at radius 3 is 2.68 bits per heavy atom. The molecule has 1 spiro atoms. The molecule has 0 aromatic carbocycles. The predicted octanol–water partition coefficient (Wildman–Crippen LogP) is 0.629. The average Bonchev–Trinajstić information content (AvgIpc) is 2.50. The fraction of sp³-hybridized carbons (Fsp3) is 0.562. The van der Waals surface area contributed by atoms with Gasteiger partial charge in [-0.15, -0.1) is 0 Å². The van der Waals surface area contributed by atoms with Crippen LogP contribution in [0.4, 0.5) is 5.82 Å². The Kier molecular flexibility index (Phi) is 3.75. The van der Waals surface area contributed by atoms with Gasteiger partial charge in [0.25, 0.3) is 0 Å². The molecule has 1 aromatic heterocycles. The number of nitrogens with zero attached hydrogens (tertiary/aromatic N) is 3. The molecule has 22 heavy (non-hydrogen) atoms. The molecule has 6 nitrogen and oxygen atoms in total. The zero-order chi connectivity index (χ0) is 15.7. The number of piperidine rings is 1. The smallest absolute Gasteiger partial charge is 0.240 e. The molecule has 116 valence electrons. The number of pyridine rings is 1. The van der Waals surface area contributed by atoms with Gasteiger partial charge in [-0.25, -0.2) is 4.98 Å². The molecule has 0 bridgehead atoms. The second-order valence-corrected chi connectivity index (χ2v) is 6.14. The molecule has 6 heteroatoms. The number of anilines is 1. The van der Waals surface area contributed by atoms with Crippen molar-refractivity contribution in [3.63, 3.8) is 0 Å². The third kappa shape index (κ3) is 2.42. The first-order valence-corrected chi connectivity index (χ1v) is 7.72. The first-order chi connectivity index (χ1) is 10.6. The molecule has 2 fully saturated rings. The van der Waals surface area contributed by atoms with Crippen LogP contribution in [0.5, 0.6) is 0 Å². The zero-order valence-corrected chi connectivity index (χ0v) is 13.1. The summed E-state index contributed by atoms with van der Waals surface area (Å²) in [6, 6.07) is 4.20. The van der Waals surface area contributed by atoms with E-state index in [1.165, 1.54) is 0 Å². The van der Waals surface area contributed by atoms with Crippen LogP contribution in [0, 0.1) is 25.2 Å². The molecule has 3 rings (SSSR count). The number of nitriles is 1. The van der Waals surface area contributed by atoms with E-state index in [-0.39, 0.29) is 5.91 Å². The van der Waals surface area contributed by atoms with Crippen LogP contribution in [0.1, 0.15) is 29.7 Å². The maximum atomic E-state index is 12.2. The highest BCUT2D eigenvalue weighted by molar-refractivity contribution is 5.87. The van der Waals surface area contributed by atoms with Gasteiger partial charge in [0.15, 0.2) is 0 Å². The van der Waals surface area contributed by atoms with Crippen LogP contribution in [0.25, 0.3) is 0 Å². The van der Waals surface area contributed by atoms with Gasteiger partial charge >= 0.3 is 0 Å². The summed E-state index contributed by atoms with van der Waals surface area (Å²) < 4.78 is 0. The molecule has 1 aromatic rings. The van der Waals surface area contributed by atoms with Crippen molar-refractivity contribution in [2.24, 2.45) is 0 Å². The number of nitrogens with one attached hydrogen (secondary N) is 2. The van der Waals surface area contributed by atoms with Crippen molar-refractivity contribution in [2.75, 3.05) is 31.1 Å². The summed E-state index contributed by atoms with van der Waals surface area (Å²) >= 11 is 0. The highest BCUT2D eigenvalue weighted by atomic mass is 16.2. The van der Waals surface area contributed by atoms with Crippen LogP contribution < -0.4 is 15.5 Å². The summed E-state index contributed by atoms with van der Waals surface area (Å²) in [4.78, 5) is 18.9. The minimum atomic E-state index is -0.444. The number of carbonyl (C=O) groups excluding carboxylic acids is 1. The molecular formula is C16H21N5O. The first-order valence-electron chi connectivity index (χ1n) is 7.72. The molecular weight excluding hydrogens is 278 g/mol. The van der Waals surface area contributed by atoms with Crippen molar-refractivity contribution in [1.82, 2.24) is 15.6 Å².